The van der Waals surface area contributed by atoms with E-state index in [2.05, 4.69) is 10.1 Å². The van der Waals surface area contributed by atoms with E-state index in [0.717, 1.165) is 16.9 Å². The Morgan fingerprint density at radius 2 is 2.17 bits per heavy atom. The molecule has 0 aliphatic heterocycles. The molecule has 0 saturated carbocycles. The third kappa shape index (κ3) is 2.87. The normalized spacial score (nSPS) is 12.4. The lowest BCUT2D eigenvalue weighted by Crippen LogP contribution is -2.08. The molecule has 18 heavy (non-hydrogen) atoms. The molecule has 0 fully saturated rings. The Kier molecular flexibility index (Phi) is 3.62. The average molecular weight is 247 g/mol. The predicted octanol–water partition coefficient (Wildman–Crippen LogP) is 2.29. The fourth-order valence-corrected chi connectivity index (χ4v) is 1.68. The van der Waals surface area contributed by atoms with Gasteiger partial charge in [0.25, 0.3) is 0 Å². The number of benzene rings is 1. The highest BCUT2D eigenvalue weighted by Gasteiger charge is 2.10. The molecular formula is C13H17N3O2. The summed E-state index contributed by atoms with van der Waals surface area (Å²) in [5.74, 6) is 1.84. The first-order valence-electron chi connectivity index (χ1n) is 5.84. The van der Waals surface area contributed by atoms with Crippen molar-refractivity contribution >= 4 is 0 Å². The van der Waals surface area contributed by atoms with Crippen molar-refractivity contribution in [2.45, 2.75) is 33.4 Å². The molecule has 1 heterocycles. The van der Waals surface area contributed by atoms with E-state index in [-0.39, 0.29) is 12.6 Å². The third-order valence-electron chi connectivity index (χ3n) is 2.59. The molecule has 0 aliphatic carbocycles. The number of aromatic nitrogens is 2. The summed E-state index contributed by atoms with van der Waals surface area (Å²) in [7, 11) is 0. The molecule has 0 spiro atoms. The van der Waals surface area contributed by atoms with Gasteiger partial charge in [0.1, 0.15) is 5.75 Å². The molecule has 2 N–H and O–H groups in total. The Labute approximate surface area is 106 Å². The van der Waals surface area contributed by atoms with Crippen molar-refractivity contribution in [2.75, 3.05) is 0 Å². The largest absolute Gasteiger partial charge is 0.485 e. The molecule has 1 unspecified atom stereocenters. The minimum Gasteiger partial charge on any atom is -0.485 e. The smallest absolute Gasteiger partial charge is 0.223 e. The van der Waals surface area contributed by atoms with E-state index in [0.29, 0.717) is 11.7 Å². The van der Waals surface area contributed by atoms with Crippen LogP contribution in [0.4, 0.5) is 0 Å². The van der Waals surface area contributed by atoms with Gasteiger partial charge < -0.3 is 15.0 Å². The highest BCUT2D eigenvalue weighted by molar-refractivity contribution is 5.38. The van der Waals surface area contributed by atoms with Crippen LogP contribution in [0.2, 0.25) is 0 Å². The van der Waals surface area contributed by atoms with Crippen molar-refractivity contribution in [3.8, 4) is 5.75 Å². The lowest BCUT2D eigenvalue weighted by atomic mass is 10.1. The molecule has 0 aliphatic rings. The van der Waals surface area contributed by atoms with Gasteiger partial charge in [-0.3, -0.25) is 0 Å². The predicted molar refractivity (Wildman–Crippen MR) is 67.1 cm³/mol. The van der Waals surface area contributed by atoms with Crippen LogP contribution in [0.5, 0.6) is 5.75 Å². The van der Waals surface area contributed by atoms with Crippen molar-refractivity contribution in [1.82, 2.24) is 10.1 Å². The van der Waals surface area contributed by atoms with Crippen LogP contribution >= 0.6 is 0 Å². The highest BCUT2D eigenvalue weighted by atomic mass is 16.5. The molecule has 1 aromatic heterocycles. The third-order valence-corrected chi connectivity index (χ3v) is 2.59. The molecular weight excluding hydrogens is 230 g/mol. The van der Waals surface area contributed by atoms with E-state index in [1.807, 2.05) is 32.0 Å². The standard InChI is InChI=1S/C13H17N3O2/c1-8-4-5-11(9(2)14)12(6-8)17-7-13-15-10(3)18-16-13/h4-6,9H,7,14H2,1-3H3. The van der Waals surface area contributed by atoms with Crippen LogP contribution in [0, 0.1) is 13.8 Å². The molecule has 0 radical (unpaired) electrons. The molecule has 0 saturated heterocycles. The fraction of sp³-hybridized carbons (Fsp3) is 0.385. The zero-order valence-electron chi connectivity index (χ0n) is 10.8. The number of nitrogens with two attached hydrogens (primary N) is 1. The van der Waals surface area contributed by atoms with Crippen LogP contribution in [0.15, 0.2) is 22.7 Å². The zero-order valence-corrected chi connectivity index (χ0v) is 10.8. The molecule has 0 bridgehead atoms. The second kappa shape index (κ2) is 5.18. The van der Waals surface area contributed by atoms with Crippen LogP contribution in [0.25, 0.3) is 0 Å². The van der Waals surface area contributed by atoms with Crippen LogP contribution in [0.1, 0.15) is 35.8 Å². The summed E-state index contributed by atoms with van der Waals surface area (Å²) >= 11 is 0. The summed E-state index contributed by atoms with van der Waals surface area (Å²) in [6.45, 7) is 5.96. The van der Waals surface area contributed by atoms with Gasteiger partial charge in [-0.25, -0.2) is 0 Å². The molecule has 5 nitrogen and oxygen atoms in total. The number of nitrogens with zero attached hydrogens (tertiary/aromatic N) is 2. The van der Waals surface area contributed by atoms with Crippen molar-refractivity contribution < 1.29 is 9.26 Å². The minimum absolute atomic E-state index is 0.0763. The SMILES string of the molecule is Cc1ccc(C(C)N)c(OCc2noc(C)n2)c1. The molecule has 96 valence electrons. The quantitative estimate of drug-likeness (QED) is 0.897. The first-order chi connectivity index (χ1) is 8.56. The Balaban J connectivity index is 2.15. The lowest BCUT2D eigenvalue weighted by Gasteiger charge is -2.13. The van der Waals surface area contributed by atoms with Gasteiger partial charge in [-0.05, 0) is 25.5 Å². The first kappa shape index (κ1) is 12.6. The van der Waals surface area contributed by atoms with Gasteiger partial charge in [0.05, 0.1) is 0 Å². The topological polar surface area (TPSA) is 74.2 Å². The summed E-state index contributed by atoms with van der Waals surface area (Å²) in [6, 6.07) is 5.89. The van der Waals surface area contributed by atoms with E-state index in [1.165, 1.54) is 0 Å². The van der Waals surface area contributed by atoms with Gasteiger partial charge >= 0.3 is 0 Å². The second-order valence-electron chi connectivity index (χ2n) is 4.35. The van der Waals surface area contributed by atoms with Gasteiger partial charge in [-0.1, -0.05) is 17.3 Å². The summed E-state index contributed by atoms with van der Waals surface area (Å²) in [6.07, 6.45) is 0. The van der Waals surface area contributed by atoms with E-state index < -0.39 is 0 Å². The van der Waals surface area contributed by atoms with Crippen molar-refractivity contribution in [1.29, 1.82) is 0 Å². The van der Waals surface area contributed by atoms with E-state index in [4.69, 9.17) is 15.0 Å². The van der Waals surface area contributed by atoms with Crippen LogP contribution in [0.3, 0.4) is 0 Å². The zero-order chi connectivity index (χ0) is 13.1. The van der Waals surface area contributed by atoms with Gasteiger partial charge in [-0.15, -0.1) is 0 Å². The summed E-state index contributed by atoms with van der Waals surface area (Å²) in [5, 5.41) is 3.79. The van der Waals surface area contributed by atoms with Gasteiger partial charge in [0.2, 0.25) is 11.7 Å². The maximum absolute atomic E-state index is 5.91. The first-order valence-corrected chi connectivity index (χ1v) is 5.84. The van der Waals surface area contributed by atoms with Crippen LogP contribution in [-0.2, 0) is 6.61 Å². The molecule has 0 amide bonds. The number of hydrogen-bond donors (Lipinski definition) is 1. The van der Waals surface area contributed by atoms with Crippen molar-refractivity contribution in [2.24, 2.45) is 5.73 Å². The minimum atomic E-state index is -0.0763. The summed E-state index contributed by atoms with van der Waals surface area (Å²) in [4.78, 5) is 4.09. The Hall–Kier alpha value is -1.88. The monoisotopic (exact) mass is 247 g/mol. The van der Waals surface area contributed by atoms with Crippen LogP contribution < -0.4 is 10.5 Å². The molecule has 2 rings (SSSR count). The summed E-state index contributed by atoms with van der Waals surface area (Å²) < 4.78 is 10.6. The lowest BCUT2D eigenvalue weighted by molar-refractivity contribution is 0.282. The Bertz CT molecular complexity index is 535. The number of hydrogen-bond acceptors (Lipinski definition) is 5. The summed E-state index contributed by atoms with van der Waals surface area (Å²) in [5.41, 5.74) is 8.00. The maximum Gasteiger partial charge on any atom is 0.223 e. The van der Waals surface area contributed by atoms with E-state index in [9.17, 15) is 0 Å². The molecule has 2 aromatic rings. The van der Waals surface area contributed by atoms with E-state index >= 15 is 0 Å². The van der Waals surface area contributed by atoms with Crippen LogP contribution in [-0.4, -0.2) is 10.1 Å². The average Bonchev–Trinajstić information content (AvgIpc) is 2.72. The Morgan fingerprint density at radius 1 is 1.39 bits per heavy atom. The Morgan fingerprint density at radius 3 is 2.78 bits per heavy atom. The highest BCUT2D eigenvalue weighted by Crippen LogP contribution is 2.25. The van der Waals surface area contributed by atoms with Gasteiger partial charge in [0.15, 0.2) is 6.61 Å². The van der Waals surface area contributed by atoms with Crippen molar-refractivity contribution in [3.63, 3.8) is 0 Å². The van der Waals surface area contributed by atoms with E-state index in [1.54, 1.807) is 6.92 Å². The van der Waals surface area contributed by atoms with Crippen molar-refractivity contribution in [3.05, 3.63) is 41.0 Å². The molecule has 1 aromatic carbocycles. The van der Waals surface area contributed by atoms with Gasteiger partial charge in [0, 0.05) is 18.5 Å². The molecule has 5 heteroatoms. The number of aryl methyl sites for hydroxylation is 2. The number of ether oxygens (including phenoxy) is 1. The second-order valence-corrected chi connectivity index (χ2v) is 4.35. The number of rotatable bonds is 4. The fourth-order valence-electron chi connectivity index (χ4n) is 1.68. The molecule has 1 atom stereocenters. The maximum atomic E-state index is 5.91. The van der Waals surface area contributed by atoms with Gasteiger partial charge in [-0.2, -0.15) is 4.98 Å².